The number of rotatable bonds is 3. The van der Waals surface area contributed by atoms with Crippen LogP contribution in [0, 0.1) is 6.92 Å². The maximum atomic E-state index is 11.5. The van der Waals surface area contributed by atoms with Crippen LogP contribution in [0.1, 0.15) is 28.0 Å². The first kappa shape index (κ1) is 15.6. The van der Waals surface area contributed by atoms with E-state index in [0.29, 0.717) is 33.4 Å². The summed E-state index contributed by atoms with van der Waals surface area (Å²) < 4.78 is 7.29. The molecule has 0 fully saturated rings. The Kier molecular flexibility index (Phi) is 3.50. The Hall–Kier alpha value is -2.87. The Morgan fingerprint density at radius 3 is 3.00 bits per heavy atom. The Balaban J connectivity index is 1.88. The molecular weight excluding hydrogens is 342 g/mol. The highest BCUT2D eigenvalue weighted by Crippen LogP contribution is 2.36. The highest BCUT2D eigenvalue weighted by molar-refractivity contribution is 7.19. The van der Waals surface area contributed by atoms with Crippen LogP contribution in [-0.4, -0.2) is 33.0 Å². The standard InChI is InChI=1S/C17H15N3O4S/c1-3-11-14(19-17-20(11)8(2)15(25-17)16(22)23)9-4-5-12-10(6-9)18-13(21)7-24-12/h4-6H,3,7H2,1-2H3,(H,18,21)(H,22,23). The zero-order chi connectivity index (χ0) is 17.7. The molecule has 0 atom stereocenters. The summed E-state index contributed by atoms with van der Waals surface area (Å²) in [6, 6.07) is 5.55. The van der Waals surface area contributed by atoms with Crippen molar-refractivity contribution < 1.29 is 19.4 Å². The Morgan fingerprint density at radius 1 is 1.48 bits per heavy atom. The number of hydrogen-bond acceptors (Lipinski definition) is 5. The van der Waals surface area contributed by atoms with E-state index in [9.17, 15) is 14.7 Å². The molecule has 0 bridgehead atoms. The smallest absolute Gasteiger partial charge is 0.347 e. The van der Waals surface area contributed by atoms with Crippen LogP contribution in [0.15, 0.2) is 18.2 Å². The second kappa shape index (κ2) is 5.59. The second-order valence-corrected chi connectivity index (χ2v) is 6.73. The molecule has 1 aromatic carbocycles. The molecule has 4 rings (SSSR count). The minimum atomic E-state index is -0.940. The van der Waals surface area contributed by atoms with Crippen molar-refractivity contribution in [3.8, 4) is 17.0 Å². The van der Waals surface area contributed by atoms with Crippen molar-refractivity contribution in [1.82, 2.24) is 9.38 Å². The number of carboxylic acid groups (broad SMARTS) is 1. The molecule has 128 valence electrons. The molecule has 0 unspecified atom stereocenters. The first-order chi connectivity index (χ1) is 12.0. The van der Waals surface area contributed by atoms with Crippen molar-refractivity contribution in [2.45, 2.75) is 20.3 Å². The summed E-state index contributed by atoms with van der Waals surface area (Å²) in [6.45, 7) is 3.82. The van der Waals surface area contributed by atoms with E-state index in [-0.39, 0.29) is 12.5 Å². The number of anilines is 1. The molecule has 0 saturated heterocycles. The number of benzene rings is 1. The Labute approximate surface area is 146 Å². The zero-order valence-corrected chi connectivity index (χ0v) is 14.4. The predicted octanol–water partition coefficient (Wildman–Crippen LogP) is 2.96. The summed E-state index contributed by atoms with van der Waals surface area (Å²) in [5.41, 5.74) is 3.89. The molecule has 1 amide bonds. The number of ether oxygens (including phenoxy) is 1. The normalized spacial score (nSPS) is 13.4. The molecule has 3 heterocycles. The van der Waals surface area contributed by atoms with Gasteiger partial charge >= 0.3 is 5.97 Å². The Bertz CT molecular complexity index is 1030. The molecule has 8 heteroatoms. The van der Waals surface area contributed by atoms with E-state index in [0.717, 1.165) is 28.3 Å². The van der Waals surface area contributed by atoms with E-state index in [4.69, 9.17) is 4.74 Å². The fourth-order valence-electron chi connectivity index (χ4n) is 3.10. The van der Waals surface area contributed by atoms with Crippen molar-refractivity contribution in [3.05, 3.63) is 34.5 Å². The summed E-state index contributed by atoms with van der Waals surface area (Å²) in [6.07, 6.45) is 0.701. The summed E-state index contributed by atoms with van der Waals surface area (Å²) in [5, 5.41) is 12.1. The lowest BCUT2D eigenvalue weighted by Gasteiger charge is -2.18. The molecule has 0 saturated carbocycles. The summed E-state index contributed by atoms with van der Waals surface area (Å²) >= 11 is 1.16. The van der Waals surface area contributed by atoms with E-state index < -0.39 is 5.97 Å². The average molecular weight is 357 g/mol. The highest BCUT2D eigenvalue weighted by Gasteiger charge is 2.23. The van der Waals surface area contributed by atoms with Gasteiger partial charge in [-0.1, -0.05) is 18.3 Å². The lowest BCUT2D eigenvalue weighted by atomic mass is 10.1. The summed E-state index contributed by atoms with van der Waals surface area (Å²) in [5.74, 6) is -0.495. The van der Waals surface area contributed by atoms with Gasteiger partial charge < -0.3 is 15.2 Å². The average Bonchev–Trinajstić information content (AvgIpc) is 3.11. The number of nitrogens with one attached hydrogen (secondary N) is 1. The van der Waals surface area contributed by atoms with E-state index in [1.807, 2.05) is 29.5 Å². The van der Waals surface area contributed by atoms with E-state index in [2.05, 4.69) is 10.3 Å². The van der Waals surface area contributed by atoms with Crippen LogP contribution in [0.4, 0.5) is 5.69 Å². The van der Waals surface area contributed by atoms with Crippen LogP contribution >= 0.6 is 11.3 Å². The molecule has 1 aliphatic rings. The maximum Gasteiger partial charge on any atom is 0.347 e. The molecule has 0 radical (unpaired) electrons. The molecule has 25 heavy (non-hydrogen) atoms. The van der Waals surface area contributed by atoms with Crippen LogP contribution < -0.4 is 10.1 Å². The van der Waals surface area contributed by atoms with Gasteiger partial charge in [-0.25, -0.2) is 9.78 Å². The number of aryl methyl sites for hydroxylation is 2. The van der Waals surface area contributed by atoms with Crippen LogP contribution in [-0.2, 0) is 11.2 Å². The maximum absolute atomic E-state index is 11.5. The van der Waals surface area contributed by atoms with Crippen molar-refractivity contribution >= 4 is 33.9 Å². The minimum absolute atomic E-state index is 0.0178. The molecular formula is C17H15N3O4S. The van der Waals surface area contributed by atoms with Crippen LogP contribution in [0.5, 0.6) is 5.75 Å². The first-order valence-corrected chi connectivity index (χ1v) is 8.62. The molecule has 0 spiro atoms. The molecule has 2 aromatic heterocycles. The molecule has 3 aromatic rings. The van der Waals surface area contributed by atoms with Gasteiger partial charge in [-0.15, -0.1) is 0 Å². The number of carbonyl (C=O) groups is 2. The molecule has 2 N–H and O–H groups in total. The van der Waals surface area contributed by atoms with E-state index in [1.54, 1.807) is 6.92 Å². The van der Waals surface area contributed by atoms with Crippen LogP contribution in [0.3, 0.4) is 0 Å². The fourth-order valence-corrected chi connectivity index (χ4v) is 4.08. The fraction of sp³-hybridized carbons (Fsp3) is 0.235. The number of imidazole rings is 1. The van der Waals surface area contributed by atoms with Gasteiger partial charge in [0, 0.05) is 11.3 Å². The quantitative estimate of drug-likeness (QED) is 0.752. The van der Waals surface area contributed by atoms with Gasteiger partial charge in [-0.05, 0) is 31.5 Å². The minimum Gasteiger partial charge on any atom is -0.482 e. The third-order valence-corrected chi connectivity index (χ3v) is 5.34. The lowest BCUT2D eigenvalue weighted by Crippen LogP contribution is -2.25. The van der Waals surface area contributed by atoms with Gasteiger partial charge in [-0.3, -0.25) is 9.20 Å². The van der Waals surface area contributed by atoms with Crippen LogP contribution in [0.25, 0.3) is 16.2 Å². The number of hydrogen-bond donors (Lipinski definition) is 2. The van der Waals surface area contributed by atoms with Crippen molar-refractivity contribution in [2.75, 3.05) is 11.9 Å². The molecule has 7 nitrogen and oxygen atoms in total. The number of carboxylic acids is 1. The number of aromatic carboxylic acids is 1. The molecule has 1 aliphatic heterocycles. The largest absolute Gasteiger partial charge is 0.482 e. The highest BCUT2D eigenvalue weighted by atomic mass is 32.1. The van der Waals surface area contributed by atoms with Gasteiger partial charge in [0.05, 0.1) is 17.1 Å². The number of thiazole rings is 1. The van der Waals surface area contributed by atoms with Gasteiger partial charge in [0.2, 0.25) is 0 Å². The SMILES string of the molecule is CCc1c(-c2ccc3c(c2)NC(=O)CO3)nc2sc(C(=O)O)c(C)n12. The molecule has 0 aliphatic carbocycles. The van der Waals surface area contributed by atoms with Crippen molar-refractivity contribution in [3.63, 3.8) is 0 Å². The van der Waals surface area contributed by atoms with Crippen LogP contribution in [0.2, 0.25) is 0 Å². The number of fused-ring (bicyclic) bond motifs is 2. The topological polar surface area (TPSA) is 92.9 Å². The number of amides is 1. The van der Waals surface area contributed by atoms with Crippen molar-refractivity contribution in [2.24, 2.45) is 0 Å². The van der Waals surface area contributed by atoms with Gasteiger partial charge in [-0.2, -0.15) is 0 Å². The van der Waals surface area contributed by atoms with E-state index >= 15 is 0 Å². The third kappa shape index (κ3) is 2.37. The van der Waals surface area contributed by atoms with Gasteiger partial charge in [0.1, 0.15) is 10.6 Å². The van der Waals surface area contributed by atoms with Gasteiger partial charge in [0.25, 0.3) is 5.91 Å². The number of carbonyl (C=O) groups excluding carboxylic acids is 1. The van der Waals surface area contributed by atoms with E-state index in [1.165, 1.54) is 0 Å². The monoisotopic (exact) mass is 357 g/mol. The lowest BCUT2D eigenvalue weighted by molar-refractivity contribution is -0.118. The summed E-state index contributed by atoms with van der Waals surface area (Å²) in [7, 11) is 0. The van der Waals surface area contributed by atoms with Crippen molar-refractivity contribution in [1.29, 1.82) is 0 Å². The Morgan fingerprint density at radius 2 is 2.28 bits per heavy atom. The first-order valence-electron chi connectivity index (χ1n) is 7.80. The predicted molar refractivity (Wildman–Crippen MR) is 93.7 cm³/mol. The number of aromatic nitrogens is 2. The zero-order valence-electron chi connectivity index (χ0n) is 13.6. The summed E-state index contributed by atoms with van der Waals surface area (Å²) in [4.78, 5) is 28.5. The third-order valence-electron chi connectivity index (χ3n) is 4.21. The van der Waals surface area contributed by atoms with Gasteiger partial charge in [0.15, 0.2) is 11.6 Å². The second-order valence-electron chi connectivity index (χ2n) is 5.75. The number of nitrogens with zero attached hydrogens (tertiary/aromatic N) is 2.